The highest BCUT2D eigenvalue weighted by Gasteiger charge is 2.09. The van der Waals surface area contributed by atoms with Gasteiger partial charge in [-0.2, -0.15) is 4.98 Å². The Hall–Kier alpha value is -1.67. The van der Waals surface area contributed by atoms with Crippen LogP contribution in [0.3, 0.4) is 0 Å². The Morgan fingerprint density at radius 3 is 3.12 bits per heavy atom. The molecule has 9 heteroatoms. The number of ether oxygens (including phenoxy) is 1. The predicted octanol–water partition coefficient (Wildman–Crippen LogP) is 0.673. The number of aliphatic hydroxyl groups is 2. The van der Waals surface area contributed by atoms with E-state index in [9.17, 15) is 4.79 Å². The fourth-order valence-electron chi connectivity index (χ4n) is 0.765. The third-order valence-electron chi connectivity index (χ3n) is 1.44. The quantitative estimate of drug-likeness (QED) is 0.340. The Bertz CT molecular complexity index is 412. The monoisotopic (exact) mass is 244 g/mol. The molecule has 0 saturated carbocycles. The molecular formula is C7H8N4O4S. The number of nitrogens with zero attached hydrogens (tertiary/aromatic N) is 4. The number of thiazole rings is 1. The van der Waals surface area contributed by atoms with Crippen molar-refractivity contribution in [2.24, 2.45) is 5.11 Å². The average Bonchev–Trinajstić information content (AvgIpc) is 2.66. The predicted molar refractivity (Wildman–Crippen MR) is 53.9 cm³/mol. The number of rotatable bonds is 5. The molecule has 0 saturated heterocycles. The number of azide groups is 1. The van der Waals surface area contributed by atoms with Gasteiger partial charge in [0.05, 0.1) is 6.61 Å². The topological polar surface area (TPSA) is 128 Å². The summed E-state index contributed by atoms with van der Waals surface area (Å²) in [5, 5.41) is 21.5. The Morgan fingerprint density at radius 2 is 2.50 bits per heavy atom. The molecular weight excluding hydrogens is 236 g/mol. The first-order valence-electron chi connectivity index (χ1n) is 4.17. The minimum Gasteiger partial charge on any atom is -0.470 e. The number of hydrogen-bond donors (Lipinski definition) is 2. The molecule has 86 valence electrons. The number of carbonyl (C=O) groups excluding carboxylic acids is 1. The highest BCUT2D eigenvalue weighted by molar-refractivity contribution is 7.11. The van der Waals surface area contributed by atoms with Crippen LogP contribution in [0.4, 0.5) is 0 Å². The van der Waals surface area contributed by atoms with E-state index < -0.39 is 12.2 Å². The Morgan fingerprint density at radius 1 is 1.75 bits per heavy atom. The lowest BCUT2D eigenvalue weighted by atomic mass is 10.4. The molecule has 1 rings (SSSR count). The molecule has 0 atom stereocenters. The van der Waals surface area contributed by atoms with Crippen LogP contribution in [-0.4, -0.2) is 34.0 Å². The molecule has 0 aromatic carbocycles. The summed E-state index contributed by atoms with van der Waals surface area (Å²) in [6.45, 7) is 0.0698. The molecule has 0 aliphatic carbocycles. The maximum Gasteiger partial charge on any atom is 0.273 e. The van der Waals surface area contributed by atoms with Crippen LogP contribution in [-0.2, 0) is 0 Å². The van der Waals surface area contributed by atoms with E-state index >= 15 is 0 Å². The van der Waals surface area contributed by atoms with Crippen LogP contribution in [0, 0.1) is 0 Å². The van der Waals surface area contributed by atoms with Crippen LogP contribution in [0.15, 0.2) is 10.5 Å². The van der Waals surface area contributed by atoms with Gasteiger partial charge in [-0.25, -0.2) is 0 Å². The lowest BCUT2D eigenvalue weighted by Gasteiger charge is -2.02. The Balaban J connectivity index is 2.51. The van der Waals surface area contributed by atoms with Crippen molar-refractivity contribution in [2.45, 2.75) is 12.7 Å². The molecule has 0 bridgehead atoms. The van der Waals surface area contributed by atoms with E-state index in [0.717, 1.165) is 11.3 Å². The van der Waals surface area contributed by atoms with Gasteiger partial charge in [0, 0.05) is 16.7 Å². The van der Waals surface area contributed by atoms with Crippen molar-refractivity contribution in [1.82, 2.24) is 4.98 Å². The summed E-state index contributed by atoms with van der Waals surface area (Å²) in [5.74, 6) is -0.782. The molecule has 1 heterocycles. The molecule has 0 aliphatic rings. The SMILES string of the molecule is [N-]=[N+]=NC(=O)c1csc(OCCC(O)O)n1. The van der Waals surface area contributed by atoms with Gasteiger partial charge in [-0.15, -0.1) is 0 Å². The maximum absolute atomic E-state index is 11.0. The number of hydrogen-bond acceptors (Lipinski definition) is 6. The molecule has 0 unspecified atom stereocenters. The molecule has 0 spiro atoms. The number of aromatic nitrogens is 1. The fourth-order valence-corrected chi connectivity index (χ4v) is 1.43. The van der Waals surface area contributed by atoms with Gasteiger partial charge in [0.25, 0.3) is 11.1 Å². The molecule has 16 heavy (non-hydrogen) atoms. The van der Waals surface area contributed by atoms with E-state index in [1.165, 1.54) is 5.38 Å². The summed E-state index contributed by atoms with van der Waals surface area (Å²) < 4.78 is 5.03. The van der Waals surface area contributed by atoms with Gasteiger partial charge in [-0.05, 0) is 10.6 Å². The molecule has 2 N–H and O–H groups in total. The van der Waals surface area contributed by atoms with Crippen molar-refractivity contribution in [3.05, 3.63) is 21.5 Å². The molecule has 0 aliphatic heterocycles. The first-order valence-corrected chi connectivity index (χ1v) is 5.05. The summed E-state index contributed by atoms with van der Waals surface area (Å²) in [6, 6.07) is 0. The number of amides is 1. The van der Waals surface area contributed by atoms with Crippen LogP contribution in [0.5, 0.6) is 5.19 Å². The highest BCUT2D eigenvalue weighted by Crippen LogP contribution is 2.18. The molecule has 8 nitrogen and oxygen atoms in total. The molecule has 0 radical (unpaired) electrons. The first kappa shape index (κ1) is 12.4. The van der Waals surface area contributed by atoms with Gasteiger partial charge in [0.1, 0.15) is 5.69 Å². The third kappa shape index (κ3) is 3.83. The average molecular weight is 244 g/mol. The standard InChI is InChI=1S/C7H8N4O4S/c8-11-10-6(14)4-3-16-7(9-4)15-2-1-5(12)13/h3,5,12-13H,1-2H2. The second kappa shape index (κ2) is 6.03. The number of carbonyl (C=O) groups is 1. The highest BCUT2D eigenvalue weighted by atomic mass is 32.1. The smallest absolute Gasteiger partial charge is 0.273 e. The third-order valence-corrected chi connectivity index (χ3v) is 2.19. The van der Waals surface area contributed by atoms with Crippen LogP contribution in [0.1, 0.15) is 16.9 Å². The zero-order valence-electron chi connectivity index (χ0n) is 7.98. The second-order valence-corrected chi connectivity index (χ2v) is 3.43. The largest absolute Gasteiger partial charge is 0.470 e. The molecule has 1 amide bonds. The van der Waals surface area contributed by atoms with Gasteiger partial charge in [-0.3, -0.25) is 4.79 Å². The summed E-state index contributed by atoms with van der Waals surface area (Å²) in [5.41, 5.74) is 8.04. The first-order chi connectivity index (χ1) is 7.63. The maximum atomic E-state index is 11.0. The lowest BCUT2D eigenvalue weighted by molar-refractivity contribution is -0.0520. The van der Waals surface area contributed by atoms with Crippen molar-refractivity contribution in [1.29, 1.82) is 0 Å². The van der Waals surface area contributed by atoms with E-state index in [0.29, 0.717) is 0 Å². The van der Waals surface area contributed by atoms with Crippen LogP contribution >= 0.6 is 11.3 Å². The Labute approximate surface area is 93.7 Å². The summed E-state index contributed by atoms with van der Waals surface area (Å²) >= 11 is 1.05. The number of aliphatic hydroxyl groups excluding tert-OH is 1. The minimum absolute atomic E-state index is 0.00217. The van der Waals surface area contributed by atoms with Gasteiger partial charge in [-0.1, -0.05) is 11.3 Å². The summed E-state index contributed by atoms with van der Waals surface area (Å²) in [4.78, 5) is 17.1. The van der Waals surface area contributed by atoms with E-state index in [2.05, 4.69) is 15.0 Å². The van der Waals surface area contributed by atoms with Crippen molar-refractivity contribution in [2.75, 3.05) is 6.61 Å². The normalized spacial score (nSPS) is 9.94. The van der Waals surface area contributed by atoms with Crippen molar-refractivity contribution >= 4 is 17.2 Å². The minimum atomic E-state index is -1.44. The van der Waals surface area contributed by atoms with Crippen LogP contribution in [0.2, 0.25) is 0 Å². The van der Waals surface area contributed by atoms with Gasteiger partial charge in [0.15, 0.2) is 6.29 Å². The van der Waals surface area contributed by atoms with E-state index in [-0.39, 0.29) is 23.9 Å². The van der Waals surface area contributed by atoms with Gasteiger partial charge < -0.3 is 14.9 Å². The Kier molecular flexibility index (Phi) is 4.67. The van der Waals surface area contributed by atoms with E-state index in [4.69, 9.17) is 20.5 Å². The second-order valence-electron chi connectivity index (χ2n) is 2.61. The molecule has 0 fully saturated rings. The van der Waals surface area contributed by atoms with Crippen molar-refractivity contribution < 1.29 is 19.7 Å². The van der Waals surface area contributed by atoms with E-state index in [1.54, 1.807) is 0 Å². The molecule has 1 aromatic heterocycles. The van der Waals surface area contributed by atoms with Crippen molar-refractivity contribution in [3.63, 3.8) is 0 Å². The summed E-state index contributed by atoms with van der Waals surface area (Å²) in [7, 11) is 0. The van der Waals surface area contributed by atoms with Crippen molar-refractivity contribution in [3.8, 4) is 5.19 Å². The fraction of sp³-hybridized carbons (Fsp3) is 0.429. The zero-order valence-corrected chi connectivity index (χ0v) is 8.79. The lowest BCUT2D eigenvalue weighted by Crippen LogP contribution is -2.10. The summed E-state index contributed by atoms with van der Waals surface area (Å²) in [6.07, 6.45) is -1.40. The van der Waals surface area contributed by atoms with Crippen LogP contribution in [0.25, 0.3) is 10.4 Å². The zero-order chi connectivity index (χ0) is 12.0. The van der Waals surface area contributed by atoms with Gasteiger partial charge >= 0.3 is 0 Å². The molecule has 1 aromatic rings. The van der Waals surface area contributed by atoms with E-state index in [1.807, 2.05) is 0 Å². The van der Waals surface area contributed by atoms with Gasteiger partial charge in [0.2, 0.25) is 0 Å². The van der Waals surface area contributed by atoms with Crippen LogP contribution < -0.4 is 4.74 Å².